The molecule has 1 aliphatic rings. The molecule has 0 fully saturated rings. The summed E-state index contributed by atoms with van der Waals surface area (Å²) in [6.45, 7) is 17.8. The number of carbonyl (C=O) groups is 2. The number of nitrogens with one attached hydrogen (secondary N) is 2. The van der Waals surface area contributed by atoms with E-state index >= 15 is 0 Å². The van der Waals surface area contributed by atoms with E-state index in [0.717, 1.165) is 12.8 Å². The van der Waals surface area contributed by atoms with Crippen molar-refractivity contribution in [3.63, 3.8) is 0 Å². The quantitative estimate of drug-likeness (QED) is 0.234. The first-order valence-electron chi connectivity index (χ1n) is 11.6. The summed E-state index contributed by atoms with van der Waals surface area (Å²) in [6.07, 6.45) is 4.23. The summed E-state index contributed by atoms with van der Waals surface area (Å²) >= 11 is 0. The lowest BCUT2D eigenvalue weighted by Gasteiger charge is -2.32. The summed E-state index contributed by atoms with van der Waals surface area (Å²) in [6, 6.07) is -0.104. The van der Waals surface area contributed by atoms with Gasteiger partial charge in [-0.1, -0.05) is 56.0 Å². The van der Waals surface area contributed by atoms with Crippen molar-refractivity contribution in [2.75, 3.05) is 13.6 Å². The second-order valence-corrected chi connectivity index (χ2v) is 10.7. The molecule has 0 bridgehead atoms. The van der Waals surface area contributed by atoms with Gasteiger partial charge in [-0.3, -0.25) is 14.5 Å². The Kier molecular flexibility index (Phi) is 10.8. The van der Waals surface area contributed by atoms with Gasteiger partial charge in [-0.25, -0.2) is 4.39 Å². The van der Waals surface area contributed by atoms with Crippen molar-refractivity contribution in [2.24, 2.45) is 11.8 Å². The first-order chi connectivity index (χ1) is 14.8. The second-order valence-electron chi connectivity index (χ2n) is 9.59. The molecule has 0 aromatic heterocycles. The van der Waals surface area contributed by atoms with E-state index in [1.54, 1.807) is 20.0 Å². The number of likely N-dealkylation sites (N-methyl/N-ethyl adjacent to an activating group) is 1. The molecule has 1 aliphatic heterocycles. The van der Waals surface area contributed by atoms with Crippen LogP contribution in [0.15, 0.2) is 35.1 Å². The number of rotatable bonds is 13. The molecule has 0 radical (unpaired) electrons. The minimum absolute atomic E-state index is 0.237. The van der Waals surface area contributed by atoms with E-state index in [0.29, 0.717) is 41.3 Å². The van der Waals surface area contributed by atoms with Gasteiger partial charge in [-0.15, -0.1) is 0 Å². The molecule has 2 amide bonds. The van der Waals surface area contributed by atoms with Crippen molar-refractivity contribution < 1.29 is 14.0 Å². The summed E-state index contributed by atoms with van der Waals surface area (Å²) in [5.41, 5.74) is 1.91. The second kappa shape index (κ2) is 12.1. The molecule has 1 rings (SSSR count). The molecule has 5 unspecified atom stereocenters. The fourth-order valence-corrected chi connectivity index (χ4v) is 4.54. The molecule has 0 saturated heterocycles. The van der Waals surface area contributed by atoms with Crippen molar-refractivity contribution in [1.82, 2.24) is 15.5 Å². The van der Waals surface area contributed by atoms with Crippen LogP contribution in [0.5, 0.6) is 0 Å². The van der Waals surface area contributed by atoms with Gasteiger partial charge >= 0.3 is 0 Å². The van der Waals surface area contributed by atoms with Crippen molar-refractivity contribution in [1.29, 1.82) is 0 Å². The van der Waals surface area contributed by atoms with Crippen molar-refractivity contribution in [3.05, 3.63) is 35.1 Å². The molecule has 5 nitrogen and oxygen atoms in total. The Morgan fingerprint density at radius 2 is 1.84 bits per heavy atom. The third-order valence-electron chi connectivity index (χ3n) is 6.03. The number of carbonyl (C=O) groups excluding carboxylic acids is 2. The summed E-state index contributed by atoms with van der Waals surface area (Å²) < 4.78 is 14.9. The normalized spacial score (nSPS) is 20.0. The summed E-state index contributed by atoms with van der Waals surface area (Å²) in [7, 11) is 3.89. The van der Waals surface area contributed by atoms with Crippen LogP contribution in [0.4, 0.5) is 4.39 Å². The third-order valence-corrected chi connectivity index (χ3v) is 6.34. The van der Waals surface area contributed by atoms with Crippen LogP contribution >= 0.6 is 9.24 Å². The van der Waals surface area contributed by atoms with E-state index in [4.69, 9.17) is 0 Å². The van der Waals surface area contributed by atoms with Crippen LogP contribution in [0.25, 0.3) is 0 Å². The Balaban J connectivity index is 3.18. The van der Waals surface area contributed by atoms with E-state index in [1.165, 1.54) is 11.8 Å². The summed E-state index contributed by atoms with van der Waals surface area (Å²) in [5, 5.41) is 4.62. The van der Waals surface area contributed by atoms with Gasteiger partial charge < -0.3 is 10.6 Å². The highest BCUT2D eigenvalue weighted by molar-refractivity contribution is 7.19. The zero-order valence-electron chi connectivity index (χ0n) is 21.1. The molecule has 0 saturated carbocycles. The van der Waals surface area contributed by atoms with Crippen molar-refractivity contribution >= 4 is 21.1 Å². The largest absolute Gasteiger partial charge is 0.388 e. The number of amides is 2. The Morgan fingerprint density at radius 3 is 2.31 bits per heavy atom. The van der Waals surface area contributed by atoms with Gasteiger partial charge in [-0.05, 0) is 45.4 Å². The smallest absolute Gasteiger partial charge is 0.258 e. The molecular weight excluding hydrogens is 424 g/mol. The predicted octanol–water partition coefficient (Wildman–Crippen LogP) is 4.72. The minimum atomic E-state index is -1.68. The number of halogens is 1. The van der Waals surface area contributed by atoms with E-state index in [2.05, 4.69) is 47.2 Å². The van der Waals surface area contributed by atoms with Gasteiger partial charge in [-0.2, -0.15) is 0 Å². The van der Waals surface area contributed by atoms with Crippen LogP contribution in [-0.4, -0.2) is 47.8 Å². The number of nitrogens with zero attached hydrogens (tertiary/aromatic N) is 1. The van der Waals surface area contributed by atoms with Crippen LogP contribution < -0.4 is 10.6 Å². The molecule has 5 atom stereocenters. The molecule has 0 spiro atoms. The molecule has 182 valence electrons. The topological polar surface area (TPSA) is 61.4 Å². The molecule has 7 heteroatoms. The van der Waals surface area contributed by atoms with Crippen LogP contribution in [0.2, 0.25) is 0 Å². The van der Waals surface area contributed by atoms with Crippen molar-refractivity contribution in [3.8, 4) is 0 Å². The number of hydrogen-bond donors (Lipinski definition) is 2. The number of hydrogen-bond acceptors (Lipinski definition) is 4. The van der Waals surface area contributed by atoms with Crippen molar-refractivity contribution in [2.45, 2.75) is 85.2 Å². The average molecular weight is 468 g/mol. The van der Waals surface area contributed by atoms with Crippen LogP contribution in [0.1, 0.15) is 67.7 Å². The van der Waals surface area contributed by atoms with Crippen LogP contribution in [0, 0.1) is 11.8 Å². The first kappa shape index (κ1) is 28.5. The highest BCUT2D eigenvalue weighted by Gasteiger charge is 2.41. The summed E-state index contributed by atoms with van der Waals surface area (Å²) in [5.74, 6) is -0.173. The molecule has 2 N–H and O–H groups in total. The van der Waals surface area contributed by atoms with Gasteiger partial charge in [0.05, 0.1) is 0 Å². The van der Waals surface area contributed by atoms with Gasteiger partial charge in [0, 0.05) is 48.1 Å². The SMILES string of the molecule is C=C(NC)/C(=C\C(C)C(CCC)N1C(=O)C(C)=C(CNC(C)CC(C)C)C1=O)C(C)(F)P. The highest BCUT2D eigenvalue weighted by atomic mass is 31.0. The lowest BCUT2D eigenvalue weighted by atomic mass is 9.91. The minimum Gasteiger partial charge on any atom is -0.388 e. The maximum absolute atomic E-state index is 14.9. The Bertz CT molecular complexity index is 768. The zero-order valence-corrected chi connectivity index (χ0v) is 22.3. The number of imide groups is 1. The summed E-state index contributed by atoms with van der Waals surface area (Å²) in [4.78, 5) is 27.9. The maximum atomic E-state index is 14.9. The number of allylic oxidation sites excluding steroid dienone is 1. The Labute approximate surface area is 196 Å². The van der Waals surface area contributed by atoms with Gasteiger partial charge in [0.1, 0.15) is 5.41 Å². The van der Waals surface area contributed by atoms with Gasteiger partial charge in [0.15, 0.2) is 0 Å². The lowest BCUT2D eigenvalue weighted by molar-refractivity contribution is -0.141. The first-order valence-corrected chi connectivity index (χ1v) is 12.2. The monoisotopic (exact) mass is 467 g/mol. The highest BCUT2D eigenvalue weighted by Crippen LogP contribution is 2.35. The fourth-order valence-electron chi connectivity index (χ4n) is 4.27. The standard InChI is InChI=1S/C25H43FN3O2P/c1-10-11-22(16(4)13-21(19(7)27-9)25(8,26)32)29-23(30)18(6)20(24(29)31)14-28-17(5)12-15(2)3/h13,15-17,22,27-28H,7,10-12,14,32H2,1-6,8-9H3/b21-13+. The lowest BCUT2D eigenvalue weighted by Crippen LogP contribution is -2.45. The van der Waals surface area contributed by atoms with E-state index in [1.807, 2.05) is 13.8 Å². The Morgan fingerprint density at radius 1 is 1.25 bits per heavy atom. The molecule has 32 heavy (non-hydrogen) atoms. The van der Waals surface area contributed by atoms with E-state index < -0.39 is 5.41 Å². The molecule has 0 aliphatic carbocycles. The van der Waals surface area contributed by atoms with Crippen LogP contribution in [0.3, 0.4) is 0 Å². The molecule has 0 aromatic rings. The van der Waals surface area contributed by atoms with E-state index in [9.17, 15) is 14.0 Å². The molecular formula is C25H43FN3O2P. The maximum Gasteiger partial charge on any atom is 0.258 e. The average Bonchev–Trinajstić information content (AvgIpc) is 2.89. The molecule has 1 heterocycles. The fraction of sp³-hybridized carbons (Fsp3) is 0.680. The van der Waals surface area contributed by atoms with Crippen LogP contribution in [-0.2, 0) is 9.59 Å². The molecule has 0 aromatic carbocycles. The predicted molar refractivity (Wildman–Crippen MR) is 135 cm³/mol. The zero-order chi connectivity index (χ0) is 24.8. The third kappa shape index (κ3) is 7.25. The van der Waals surface area contributed by atoms with Gasteiger partial charge in [0.25, 0.3) is 11.8 Å². The van der Waals surface area contributed by atoms with E-state index in [-0.39, 0.29) is 29.8 Å². The number of alkyl halides is 1. The van der Waals surface area contributed by atoms with Gasteiger partial charge in [0.2, 0.25) is 0 Å². The Hall–Kier alpha value is -1.52.